The predicted octanol–water partition coefficient (Wildman–Crippen LogP) is 3.85. The third kappa shape index (κ3) is 3.40. The van der Waals surface area contributed by atoms with Gasteiger partial charge in [0.05, 0.1) is 11.3 Å². The van der Waals surface area contributed by atoms with Crippen molar-refractivity contribution in [2.75, 3.05) is 6.54 Å². The molecule has 0 amide bonds. The van der Waals surface area contributed by atoms with Crippen LogP contribution in [0.1, 0.15) is 37.9 Å². The minimum atomic E-state index is -0.647. The first-order valence-corrected chi connectivity index (χ1v) is 8.79. The molecule has 0 spiro atoms. The van der Waals surface area contributed by atoms with Gasteiger partial charge in [0.15, 0.2) is 0 Å². The molecule has 3 rings (SSSR count). The van der Waals surface area contributed by atoms with E-state index in [1.165, 1.54) is 11.1 Å². The number of benzene rings is 1. The van der Waals surface area contributed by atoms with Crippen LogP contribution < -0.4 is 0 Å². The Morgan fingerprint density at radius 3 is 2.73 bits per heavy atom. The fraction of sp³-hybridized carbons (Fsp3) is 0.500. The highest BCUT2D eigenvalue weighted by atomic mass is 32.1. The number of aryl methyl sites for hydroxylation is 1. The molecule has 1 aromatic heterocycles. The van der Waals surface area contributed by atoms with Crippen molar-refractivity contribution in [2.45, 2.75) is 51.8 Å². The second-order valence-corrected chi connectivity index (χ2v) is 7.65. The SMILES string of the molecule is Cc1ccc(-c2nc(CN3CCCC3C(C)(C)O)cs2)cc1. The molecule has 1 atom stereocenters. The van der Waals surface area contributed by atoms with Crippen molar-refractivity contribution in [1.29, 1.82) is 0 Å². The molecule has 1 unspecified atom stereocenters. The standard InChI is InChI=1S/C18H24N2OS/c1-13-6-8-14(9-7-13)17-19-15(12-22-17)11-20-10-4-5-16(20)18(2,3)21/h6-9,12,16,21H,4-5,10-11H2,1-3H3. The smallest absolute Gasteiger partial charge is 0.123 e. The van der Waals surface area contributed by atoms with Crippen LogP contribution in [0.3, 0.4) is 0 Å². The fourth-order valence-corrected chi connectivity index (χ4v) is 4.05. The Balaban J connectivity index is 1.73. The van der Waals surface area contributed by atoms with Crippen LogP contribution in [0, 0.1) is 6.92 Å². The molecule has 1 saturated heterocycles. The van der Waals surface area contributed by atoms with Crippen molar-refractivity contribution in [3.05, 3.63) is 40.9 Å². The maximum atomic E-state index is 10.3. The van der Waals surface area contributed by atoms with E-state index >= 15 is 0 Å². The average molecular weight is 316 g/mol. The molecule has 22 heavy (non-hydrogen) atoms. The van der Waals surface area contributed by atoms with E-state index in [0.717, 1.165) is 36.6 Å². The maximum absolute atomic E-state index is 10.3. The zero-order chi connectivity index (χ0) is 15.7. The molecule has 2 heterocycles. The van der Waals surface area contributed by atoms with Gasteiger partial charge in [-0.3, -0.25) is 4.90 Å². The van der Waals surface area contributed by atoms with E-state index in [4.69, 9.17) is 4.98 Å². The summed E-state index contributed by atoms with van der Waals surface area (Å²) >= 11 is 1.70. The minimum Gasteiger partial charge on any atom is -0.389 e. The lowest BCUT2D eigenvalue weighted by atomic mass is 9.96. The van der Waals surface area contributed by atoms with Crippen molar-refractivity contribution in [3.8, 4) is 10.6 Å². The van der Waals surface area contributed by atoms with Gasteiger partial charge in [0, 0.05) is 23.5 Å². The molecule has 1 aliphatic heterocycles. The summed E-state index contributed by atoms with van der Waals surface area (Å²) in [7, 11) is 0. The predicted molar refractivity (Wildman–Crippen MR) is 92.0 cm³/mol. The molecule has 4 heteroatoms. The lowest BCUT2D eigenvalue weighted by molar-refractivity contribution is -0.00530. The van der Waals surface area contributed by atoms with E-state index in [1.54, 1.807) is 11.3 Å². The highest BCUT2D eigenvalue weighted by Crippen LogP contribution is 2.30. The number of hydrogen-bond donors (Lipinski definition) is 1. The summed E-state index contributed by atoms with van der Waals surface area (Å²) in [5.74, 6) is 0. The van der Waals surface area contributed by atoms with E-state index < -0.39 is 5.60 Å². The Labute approximate surface area is 136 Å². The summed E-state index contributed by atoms with van der Waals surface area (Å²) in [4.78, 5) is 7.15. The topological polar surface area (TPSA) is 36.4 Å². The van der Waals surface area contributed by atoms with Gasteiger partial charge >= 0.3 is 0 Å². The Kier molecular flexibility index (Phi) is 4.35. The fourth-order valence-electron chi connectivity index (χ4n) is 3.23. The first kappa shape index (κ1) is 15.7. The van der Waals surface area contributed by atoms with Crippen molar-refractivity contribution in [3.63, 3.8) is 0 Å². The van der Waals surface area contributed by atoms with Crippen LogP contribution in [0.2, 0.25) is 0 Å². The number of thiazole rings is 1. The summed E-state index contributed by atoms with van der Waals surface area (Å²) < 4.78 is 0. The van der Waals surface area contributed by atoms with Crippen LogP contribution >= 0.6 is 11.3 Å². The van der Waals surface area contributed by atoms with Gasteiger partial charge in [-0.15, -0.1) is 11.3 Å². The second-order valence-electron chi connectivity index (χ2n) is 6.79. The Morgan fingerprint density at radius 2 is 2.05 bits per heavy atom. The van der Waals surface area contributed by atoms with Crippen LogP contribution in [0.5, 0.6) is 0 Å². The zero-order valence-electron chi connectivity index (χ0n) is 13.5. The van der Waals surface area contributed by atoms with Gasteiger partial charge in [0.1, 0.15) is 5.01 Å². The molecule has 0 radical (unpaired) electrons. The summed E-state index contributed by atoms with van der Waals surface area (Å²) in [6, 6.07) is 8.75. The zero-order valence-corrected chi connectivity index (χ0v) is 14.4. The maximum Gasteiger partial charge on any atom is 0.123 e. The van der Waals surface area contributed by atoms with Gasteiger partial charge in [-0.2, -0.15) is 0 Å². The average Bonchev–Trinajstić information content (AvgIpc) is 3.09. The van der Waals surface area contributed by atoms with Crippen LogP contribution in [0.15, 0.2) is 29.6 Å². The van der Waals surface area contributed by atoms with Crippen molar-refractivity contribution >= 4 is 11.3 Å². The van der Waals surface area contributed by atoms with Crippen molar-refractivity contribution in [1.82, 2.24) is 9.88 Å². The van der Waals surface area contributed by atoms with Crippen LogP contribution in [-0.4, -0.2) is 33.2 Å². The Morgan fingerprint density at radius 1 is 1.32 bits per heavy atom. The van der Waals surface area contributed by atoms with Gasteiger partial charge in [0.25, 0.3) is 0 Å². The molecule has 3 nitrogen and oxygen atoms in total. The van der Waals surface area contributed by atoms with Crippen LogP contribution in [0.4, 0.5) is 0 Å². The summed E-state index contributed by atoms with van der Waals surface area (Å²) in [5, 5.41) is 13.5. The van der Waals surface area contributed by atoms with Crippen molar-refractivity contribution in [2.24, 2.45) is 0 Å². The first-order valence-electron chi connectivity index (χ1n) is 7.91. The number of aliphatic hydroxyl groups is 1. The van der Waals surface area contributed by atoms with E-state index in [1.807, 2.05) is 13.8 Å². The van der Waals surface area contributed by atoms with Crippen LogP contribution in [-0.2, 0) is 6.54 Å². The lowest BCUT2D eigenvalue weighted by Gasteiger charge is -2.33. The molecule has 1 fully saturated rings. The molecule has 2 aromatic rings. The molecular formula is C18H24N2OS. The molecule has 0 bridgehead atoms. The molecule has 1 aliphatic rings. The van der Waals surface area contributed by atoms with Gasteiger partial charge in [-0.05, 0) is 40.2 Å². The molecule has 1 aromatic carbocycles. The van der Waals surface area contributed by atoms with E-state index in [0.29, 0.717) is 0 Å². The number of hydrogen-bond acceptors (Lipinski definition) is 4. The largest absolute Gasteiger partial charge is 0.389 e. The monoisotopic (exact) mass is 316 g/mol. The summed E-state index contributed by atoms with van der Waals surface area (Å²) in [5.41, 5.74) is 2.91. The van der Waals surface area contributed by atoms with E-state index in [9.17, 15) is 5.11 Å². The molecule has 0 saturated carbocycles. The highest BCUT2D eigenvalue weighted by molar-refractivity contribution is 7.13. The second kappa shape index (κ2) is 6.11. The Hall–Kier alpha value is -1.23. The van der Waals surface area contributed by atoms with Crippen LogP contribution in [0.25, 0.3) is 10.6 Å². The van der Waals surface area contributed by atoms with E-state index in [-0.39, 0.29) is 6.04 Å². The first-order chi connectivity index (χ1) is 10.4. The Bertz CT molecular complexity index is 627. The minimum absolute atomic E-state index is 0.233. The van der Waals surface area contributed by atoms with Gasteiger partial charge in [0.2, 0.25) is 0 Å². The molecule has 118 valence electrons. The quantitative estimate of drug-likeness (QED) is 0.930. The third-order valence-corrected chi connectivity index (χ3v) is 5.33. The molecule has 1 N–H and O–H groups in total. The van der Waals surface area contributed by atoms with E-state index in [2.05, 4.69) is 41.5 Å². The number of aromatic nitrogens is 1. The van der Waals surface area contributed by atoms with Gasteiger partial charge in [-0.1, -0.05) is 29.8 Å². The lowest BCUT2D eigenvalue weighted by Crippen LogP contribution is -2.45. The third-order valence-electron chi connectivity index (χ3n) is 4.39. The summed E-state index contributed by atoms with van der Waals surface area (Å²) in [6.45, 7) is 7.80. The molecular weight excluding hydrogens is 292 g/mol. The van der Waals surface area contributed by atoms with Gasteiger partial charge in [-0.25, -0.2) is 4.98 Å². The van der Waals surface area contributed by atoms with Crippen molar-refractivity contribution < 1.29 is 5.11 Å². The number of rotatable bonds is 4. The molecule has 0 aliphatic carbocycles. The number of nitrogens with zero attached hydrogens (tertiary/aromatic N) is 2. The van der Waals surface area contributed by atoms with Gasteiger partial charge < -0.3 is 5.11 Å². The highest BCUT2D eigenvalue weighted by Gasteiger charge is 2.35. The summed E-state index contributed by atoms with van der Waals surface area (Å²) in [6.07, 6.45) is 2.22. The number of likely N-dealkylation sites (tertiary alicyclic amines) is 1. The normalized spacial score (nSPS) is 19.7.